The standard InChI is InChI=1S/C45H59N3.3ClH.Co/c1-32(46-44-38(34-18-7-3-8-19-34)26-15-27-39(44)35-20-9-4-10-21-35)42-30-17-31-43(48-42)33(2)47-45-40(36-22-11-5-12-23-36)28-16-29-41(45)37-24-13-6-14-25-37;;;;/h15-17,26-31,34-37H,3-14,18-25H2,1-2H3;3*1H;/q;;;;+3/p-3. The maximum atomic E-state index is 5.53. The van der Waals surface area contributed by atoms with E-state index in [0.717, 1.165) is 22.8 Å². The molecule has 3 aromatic rings. The zero-order valence-electron chi connectivity index (χ0n) is 31.5. The number of pyridine rings is 1. The average molecular weight is 807 g/mol. The van der Waals surface area contributed by atoms with Crippen LogP contribution in [0.25, 0.3) is 0 Å². The first-order valence-corrected chi connectivity index (χ1v) is 20.0. The molecule has 0 saturated heterocycles. The Labute approximate surface area is 344 Å². The van der Waals surface area contributed by atoms with E-state index in [0.29, 0.717) is 23.7 Å². The van der Waals surface area contributed by atoms with Crippen LogP contribution < -0.4 is 37.2 Å². The van der Waals surface area contributed by atoms with Crippen molar-refractivity contribution < 1.29 is 54.0 Å². The normalized spacial score (nSPS) is 19.8. The van der Waals surface area contributed by atoms with Gasteiger partial charge in [-0.25, -0.2) is 4.98 Å². The zero-order chi connectivity index (χ0) is 32.7. The van der Waals surface area contributed by atoms with Gasteiger partial charge >= 0.3 is 16.8 Å². The second-order valence-electron chi connectivity index (χ2n) is 15.7. The molecule has 0 aliphatic heterocycles. The van der Waals surface area contributed by atoms with Crippen molar-refractivity contribution in [1.82, 2.24) is 4.98 Å². The number of hydrogen-bond donors (Lipinski definition) is 0. The Hall–Kier alpha value is -1.69. The van der Waals surface area contributed by atoms with Gasteiger partial charge in [0.25, 0.3) is 0 Å². The number of halogens is 3. The molecule has 52 heavy (non-hydrogen) atoms. The van der Waals surface area contributed by atoms with E-state index in [2.05, 4.69) is 68.4 Å². The van der Waals surface area contributed by atoms with E-state index in [1.807, 2.05) is 0 Å². The molecule has 0 unspecified atom stereocenters. The van der Waals surface area contributed by atoms with E-state index in [1.165, 1.54) is 162 Å². The largest absolute Gasteiger partial charge is 3.00 e. The van der Waals surface area contributed by atoms with Crippen molar-refractivity contribution in [1.29, 1.82) is 0 Å². The summed E-state index contributed by atoms with van der Waals surface area (Å²) >= 11 is 0. The SMILES string of the molecule is CC(=Nc1c(C2CCCCC2)cccc1C1CCCCC1)c1cccc(C(C)=Nc2c(C3CCCCC3)cccc2C2CCCCC2)n1.[Cl-].[Cl-].[Cl-].[Co+3]. The number of benzene rings is 2. The third kappa shape index (κ3) is 10.7. The topological polar surface area (TPSA) is 37.6 Å². The molecule has 0 N–H and O–H groups in total. The first-order valence-electron chi connectivity index (χ1n) is 20.0. The molecule has 0 amide bonds. The number of para-hydroxylation sites is 2. The van der Waals surface area contributed by atoms with Crippen LogP contribution in [-0.4, -0.2) is 16.4 Å². The fourth-order valence-corrected chi connectivity index (χ4v) is 9.68. The zero-order valence-corrected chi connectivity index (χ0v) is 34.8. The summed E-state index contributed by atoms with van der Waals surface area (Å²) in [7, 11) is 0. The fourth-order valence-electron chi connectivity index (χ4n) is 9.68. The fraction of sp³-hybridized carbons (Fsp3) is 0.578. The Bertz CT molecular complexity index is 1410. The summed E-state index contributed by atoms with van der Waals surface area (Å²) in [6, 6.07) is 20.7. The van der Waals surface area contributed by atoms with Crippen LogP contribution in [0.3, 0.4) is 0 Å². The molecular formula is C45H59Cl3CoN3. The van der Waals surface area contributed by atoms with Gasteiger partial charge in [0.1, 0.15) is 0 Å². The Morgan fingerprint density at radius 3 is 0.942 bits per heavy atom. The summed E-state index contributed by atoms with van der Waals surface area (Å²) in [6.45, 7) is 4.36. The van der Waals surface area contributed by atoms with Crippen LogP contribution in [0.15, 0.2) is 64.6 Å². The molecule has 1 heterocycles. The monoisotopic (exact) mass is 805 g/mol. The maximum absolute atomic E-state index is 5.53. The molecule has 4 aliphatic rings. The summed E-state index contributed by atoms with van der Waals surface area (Å²) in [4.78, 5) is 16.3. The number of aliphatic imine (C=N–C) groups is 2. The van der Waals surface area contributed by atoms with Crippen LogP contribution >= 0.6 is 0 Å². The van der Waals surface area contributed by atoms with Gasteiger partial charge in [-0.2, -0.15) is 0 Å². The van der Waals surface area contributed by atoms with Gasteiger partial charge in [0.05, 0.1) is 34.2 Å². The number of aromatic nitrogens is 1. The summed E-state index contributed by atoms with van der Waals surface area (Å²) in [5.74, 6) is 2.52. The van der Waals surface area contributed by atoms with Crippen LogP contribution in [0.1, 0.15) is 200 Å². The molecule has 4 aliphatic carbocycles. The van der Waals surface area contributed by atoms with Crippen LogP contribution in [0.4, 0.5) is 11.4 Å². The second kappa shape index (κ2) is 22.0. The Balaban J connectivity index is 0.00000182. The predicted octanol–water partition coefficient (Wildman–Crippen LogP) is 4.56. The first kappa shape index (κ1) is 44.7. The first-order chi connectivity index (χ1) is 23.7. The quantitative estimate of drug-likeness (QED) is 0.308. The van der Waals surface area contributed by atoms with E-state index in [4.69, 9.17) is 15.0 Å². The van der Waals surface area contributed by atoms with Gasteiger partial charge in [0.15, 0.2) is 0 Å². The van der Waals surface area contributed by atoms with Crippen LogP contribution in [0.2, 0.25) is 0 Å². The van der Waals surface area contributed by atoms with E-state index in [1.54, 1.807) is 0 Å². The molecule has 7 rings (SSSR count). The maximum Gasteiger partial charge on any atom is 3.00 e. The molecule has 3 nitrogen and oxygen atoms in total. The second-order valence-corrected chi connectivity index (χ2v) is 15.7. The average Bonchev–Trinajstić information content (AvgIpc) is 3.16. The summed E-state index contributed by atoms with van der Waals surface area (Å²) in [6.07, 6.45) is 26.6. The van der Waals surface area contributed by atoms with Crippen LogP contribution in [-0.2, 0) is 16.8 Å². The molecule has 0 spiro atoms. The van der Waals surface area contributed by atoms with Crippen molar-refractivity contribution in [3.63, 3.8) is 0 Å². The van der Waals surface area contributed by atoms with Crippen molar-refractivity contribution >= 4 is 22.8 Å². The molecule has 4 saturated carbocycles. The minimum Gasteiger partial charge on any atom is -1.00 e. The van der Waals surface area contributed by atoms with Crippen molar-refractivity contribution in [2.75, 3.05) is 0 Å². The predicted molar refractivity (Wildman–Crippen MR) is 204 cm³/mol. The molecule has 4 fully saturated rings. The minimum absolute atomic E-state index is 0. The van der Waals surface area contributed by atoms with Crippen LogP contribution in [0, 0.1) is 0 Å². The Morgan fingerprint density at radius 1 is 0.423 bits per heavy atom. The van der Waals surface area contributed by atoms with Crippen molar-refractivity contribution in [3.05, 3.63) is 88.2 Å². The molecule has 0 atom stereocenters. The van der Waals surface area contributed by atoms with E-state index >= 15 is 0 Å². The molecule has 284 valence electrons. The summed E-state index contributed by atoms with van der Waals surface area (Å²) in [5.41, 5.74) is 12.5. The van der Waals surface area contributed by atoms with Gasteiger partial charge in [-0.15, -0.1) is 0 Å². The Morgan fingerprint density at radius 2 is 0.673 bits per heavy atom. The van der Waals surface area contributed by atoms with Crippen LogP contribution in [0.5, 0.6) is 0 Å². The van der Waals surface area contributed by atoms with E-state index in [-0.39, 0.29) is 54.0 Å². The van der Waals surface area contributed by atoms with Crippen molar-refractivity contribution in [2.24, 2.45) is 9.98 Å². The Kier molecular flexibility index (Phi) is 18.9. The van der Waals surface area contributed by atoms with Gasteiger partial charge in [-0.1, -0.05) is 120 Å². The number of rotatable bonds is 8. The molecule has 1 aromatic heterocycles. The van der Waals surface area contributed by atoms with Gasteiger partial charge in [-0.3, -0.25) is 9.98 Å². The summed E-state index contributed by atoms with van der Waals surface area (Å²) in [5, 5.41) is 0. The summed E-state index contributed by atoms with van der Waals surface area (Å²) < 4.78 is 0. The van der Waals surface area contributed by atoms with Crippen molar-refractivity contribution in [2.45, 2.75) is 166 Å². The molecule has 2 aromatic carbocycles. The van der Waals surface area contributed by atoms with Gasteiger partial charge in [0.2, 0.25) is 0 Å². The van der Waals surface area contributed by atoms with Crippen molar-refractivity contribution in [3.8, 4) is 0 Å². The van der Waals surface area contributed by atoms with E-state index < -0.39 is 0 Å². The number of nitrogens with zero attached hydrogens (tertiary/aromatic N) is 3. The molecule has 0 bridgehead atoms. The minimum atomic E-state index is 0. The van der Waals surface area contributed by atoms with Gasteiger partial charge < -0.3 is 37.2 Å². The number of hydrogen-bond acceptors (Lipinski definition) is 3. The smallest absolute Gasteiger partial charge is 1.00 e. The third-order valence-corrected chi connectivity index (χ3v) is 12.4. The van der Waals surface area contributed by atoms with Gasteiger partial charge in [-0.05, 0) is 123 Å². The molecular weight excluding hydrogens is 748 g/mol. The molecule has 0 radical (unpaired) electrons. The van der Waals surface area contributed by atoms with E-state index in [9.17, 15) is 0 Å². The third-order valence-electron chi connectivity index (χ3n) is 12.4. The molecule has 7 heteroatoms. The van der Waals surface area contributed by atoms with Gasteiger partial charge in [0, 0.05) is 0 Å².